The molecule has 0 aliphatic rings. The monoisotopic (exact) mass is 255 g/mol. The summed E-state index contributed by atoms with van der Waals surface area (Å²) in [6, 6.07) is 7.17. The first kappa shape index (κ1) is 13.5. The normalized spacial score (nSPS) is 11.2. The fourth-order valence-electron chi connectivity index (χ4n) is 1.34. The smallest absolute Gasteiger partial charge is 0.149 e. The first-order chi connectivity index (χ1) is 7.79. The van der Waals surface area contributed by atoms with Gasteiger partial charge in [-0.15, -0.1) is 0 Å². The Hall–Kier alpha value is -1.56. The van der Waals surface area contributed by atoms with Gasteiger partial charge in [-0.1, -0.05) is 12.1 Å². The van der Waals surface area contributed by atoms with Crippen molar-refractivity contribution in [2.75, 3.05) is 30.5 Å². The SMILES string of the molecule is CN(CCS(C)(=O)=O)c1cccc(C(=N)N)c1. The number of anilines is 1. The van der Waals surface area contributed by atoms with Gasteiger partial charge in [-0.2, -0.15) is 0 Å². The van der Waals surface area contributed by atoms with Gasteiger partial charge < -0.3 is 10.6 Å². The minimum atomic E-state index is -2.96. The van der Waals surface area contributed by atoms with Gasteiger partial charge in [0, 0.05) is 31.1 Å². The van der Waals surface area contributed by atoms with E-state index in [1.165, 1.54) is 6.26 Å². The number of sulfone groups is 1. The van der Waals surface area contributed by atoms with Crippen LogP contribution in [0.2, 0.25) is 0 Å². The highest BCUT2D eigenvalue weighted by Crippen LogP contribution is 2.14. The topological polar surface area (TPSA) is 87.2 Å². The molecule has 0 atom stereocenters. The zero-order valence-electron chi connectivity index (χ0n) is 9.97. The van der Waals surface area contributed by atoms with E-state index in [9.17, 15) is 8.42 Å². The minimum Gasteiger partial charge on any atom is -0.384 e. The summed E-state index contributed by atoms with van der Waals surface area (Å²) in [5.74, 6) is 0.108. The lowest BCUT2D eigenvalue weighted by Gasteiger charge is -2.19. The maximum atomic E-state index is 11.1. The molecule has 1 aromatic rings. The molecule has 0 aliphatic heterocycles. The van der Waals surface area contributed by atoms with Crippen molar-refractivity contribution in [2.24, 2.45) is 5.73 Å². The van der Waals surface area contributed by atoms with E-state index < -0.39 is 9.84 Å². The molecular weight excluding hydrogens is 238 g/mol. The molecular formula is C11H17N3O2S. The van der Waals surface area contributed by atoms with Crippen molar-refractivity contribution in [1.29, 1.82) is 5.41 Å². The molecule has 0 unspecified atom stereocenters. The van der Waals surface area contributed by atoms with E-state index in [2.05, 4.69) is 0 Å². The number of nitrogens with zero attached hydrogens (tertiary/aromatic N) is 1. The molecule has 0 heterocycles. The molecule has 17 heavy (non-hydrogen) atoms. The summed E-state index contributed by atoms with van der Waals surface area (Å²) in [6.45, 7) is 0.417. The molecule has 5 nitrogen and oxygen atoms in total. The molecule has 0 amide bonds. The van der Waals surface area contributed by atoms with E-state index in [0.29, 0.717) is 12.1 Å². The summed E-state index contributed by atoms with van der Waals surface area (Å²) in [5.41, 5.74) is 6.88. The number of hydrogen-bond acceptors (Lipinski definition) is 4. The van der Waals surface area contributed by atoms with Crippen LogP contribution in [-0.2, 0) is 9.84 Å². The second-order valence-electron chi connectivity index (χ2n) is 4.02. The summed E-state index contributed by atoms with van der Waals surface area (Å²) < 4.78 is 22.1. The Balaban J connectivity index is 2.79. The molecule has 0 bridgehead atoms. The molecule has 0 fully saturated rings. The zero-order valence-corrected chi connectivity index (χ0v) is 10.8. The first-order valence-corrected chi connectivity index (χ1v) is 7.19. The average molecular weight is 255 g/mol. The molecule has 0 aliphatic carbocycles. The third-order valence-electron chi connectivity index (χ3n) is 2.40. The van der Waals surface area contributed by atoms with Crippen molar-refractivity contribution in [3.8, 4) is 0 Å². The third kappa shape index (κ3) is 4.44. The summed E-state index contributed by atoms with van der Waals surface area (Å²) in [7, 11) is -1.15. The maximum absolute atomic E-state index is 11.1. The highest BCUT2D eigenvalue weighted by Gasteiger charge is 2.07. The minimum absolute atomic E-state index is 0.00311. The summed E-state index contributed by atoms with van der Waals surface area (Å²) in [4.78, 5) is 1.83. The van der Waals surface area contributed by atoms with Gasteiger partial charge in [-0.05, 0) is 12.1 Å². The van der Waals surface area contributed by atoms with Crippen molar-refractivity contribution in [1.82, 2.24) is 0 Å². The number of hydrogen-bond donors (Lipinski definition) is 2. The molecule has 94 valence electrons. The van der Waals surface area contributed by atoms with Crippen LogP contribution in [0.4, 0.5) is 5.69 Å². The molecule has 1 rings (SSSR count). The van der Waals surface area contributed by atoms with E-state index in [0.717, 1.165) is 5.69 Å². The van der Waals surface area contributed by atoms with Crippen molar-refractivity contribution < 1.29 is 8.42 Å². The van der Waals surface area contributed by atoms with Gasteiger partial charge in [0.2, 0.25) is 0 Å². The van der Waals surface area contributed by atoms with Gasteiger partial charge in [-0.3, -0.25) is 5.41 Å². The van der Waals surface area contributed by atoms with Crippen molar-refractivity contribution in [2.45, 2.75) is 0 Å². The molecule has 0 saturated heterocycles. The van der Waals surface area contributed by atoms with Crippen LogP contribution in [0.15, 0.2) is 24.3 Å². The number of rotatable bonds is 5. The first-order valence-electron chi connectivity index (χ1n) is 5.13. The summed E-state index contributed by atoms with van der Waals surface area (Å²) >= 11 is 0. The van der Waals surface area contributed by atoms with Gasteiger partial charge in [0.15, 0.2) is 0 Å². The molecule has 0 aromatic heterocycles. The van der Waals surface area contributed by atoms with Crippen LogP contribution in [0, 0.1) is 5.41 Å². The Morgan fingerprint density at radius 2 is 2.12 bits per heavy atom. The van der Waals surface area contributed by atoms with Crippen LogP contribution in [0.5, 0.6) is 0 Å². The second-order valence-corrected chi connectivity index (χ2v) is 6.28. The number of nitrogen functional groups attached to an aromatic ring is 1. The van der Waals surface area contributed by atoms with Crippen molar-refractivity contribution in [3.63, 3.8) is 0 Å². The Morgan fingerprint density at radius 1 is 1.47 bits per heavy atom. The quantitative estimate of drug-likeness (QED) is 0.591. The molecule has 0 spiro atoms. The third-order valence-corrected chi connectivity index (χ3v) is 3.32. The highest BCUT2D eigenvalue weighted by molar-refractivity contribution is 7.90. The Kier molecular flexibility index (Phi) is 4.11. The summed E-state index contributed by atoms with van der Waals surface area (Å²) in [6.07, 6.45) is 1.22. The van der Waals surface area contributed by atoms with E-state index in [1.54, 1.807) is 18.2 Å². The van der Waals surface area contributed by atoms with Crippen molar-refractivity contribution >= 4 is 21.4 Å². The molecule has 0 saturated carbocycles. The Morgan fingerprint density at radius 3 is 2.65 bits per heavy atom. The van der Waals surface area contributed by atoms with E-state index in [1.807, 2.05) is 18.0 Å². The maximum Gasteiger partial charge on any atom is 0.149 e. The van der Waals surface area contributed by atoms with Gasteiger partial charge >= 0.3 is 0 Å². The second kappa shape index (κ2) is 5.18. The van der Waals surface area contributed by atoms with E-state index in [-0.39, 0.29) is 11.6 Å². The largest absolute Gasteiger partial charge is 0.384 e. The van der Waals surface area contributed by atoms with Gasteiger partial charge in [0.1, 0.15) is 15.7 Å². The lowest BCUT2D eigenvalue weighted by Crippen LogP contribution is -2.25. The highest BCUT2D eigenvalue weighted by atomic mass is 32.2. The predicted octanol–water partition coefficient (Wildman–Crippen LogP) is 0.451. The van der Waals surface area contributed by atoms with Crippen LogP contribution in [0.3, 0.4) is 0 Å². The standard InChI is InChI=1S/C11H17N3O2S/c1-14(6-7-17(2,15)16)10-5-3-4-9(8-10)11(12)13/h3-5,8H,6-7H2,1-2H3,(H3,12,13). The van der Waals surface area contributed by atoms with Crippen LogP contribution in [0.1, 0.15) is 5.56 Å². The number of nitrogens with one attached hydrogen (secondary N) is 1. The van der Waals surface area contributed by atoms with Crippen molar-refractivity contribution in [3.05, 3.63) is 29.8 Å². The predicted molar refractivity (Wildman–Crippen MR) is 70.4 cm³/mol. The summed E-state index contributed by atoms with van der Waals surface area (Å²) in [5, 5.41) is 7.34. The molecule has 6 heteroatoms. The Bertz CT molecular complexity index is 511. The molecule has 3 N–H and O–H groups in total. The van der Waals surface area contributed by atoms with E-state index in [4.69, 9.17) is 11.1 Å². The average Bonchev–Trinajstić information content (AvgIpc) is 2.25. The van der Waals surface area contributed by atoms with Gasteiger partial charge in [0.25, 0.3) is 0 Å². The molecule has 1 aromatic carbocycles. The Labute approximate surface area is 102 Å². The van der Waals surface area contributed by atoms with Crippen LogP contribution < -0.4 is 10.6 Å². The lowest BCUT2D eigenvalue weighted by molar-refractivity contribution is 0.601. The number of amidine groups is 1. The van der Waals surface area contributed by atoms with E-state index >= 15 is 0 Å². The molecule has 0 radical (unpaired) electrons. The fraction of sp³-hybridized carbons (Fsp3) is 0.364. The van der Waals surface area contributed by atoms with Crippen LogP contribution in [-0.4, -0.2) is 39.9 Å². The van der Waals surface area contributed by atoms with Crippen LogP contribution in [0.25, 0.3) is 0 Å². The number of nitrogens with two attached hydrogens (primary N) is 1. The van der Waals surface area contributed by atoms with Gasteiger partial charge in [0.05, 0.1) is 5.75 Å². The van der Waals surface area contributed by atoms with Gasteiger partial charge in [-0.25, -0.2) is 8.42 Å². The number of benzene rings is 1. The fourth-order valence-corrected chi connectivity index (χ4v) is 1.95. The lowest BCUT2D eigenvalue weighted by atomic mass is 10.2. The zero-order chi connectivity index (χ0) is 13.1. The van der Waals surface area contributed by atoms with Crippen LogP contribution >= 0.6 is 0 Å².